The second kappa shape index (κ2) is 4.94. The molecule has 0 spiro atoms. The predicted octanol–water partition coefficient (Wildman–Crippen LogP) is 1.68. The molecule has 1 saturated heterocycles. The largest absolute Gasteiger partial charge is 0.481 e. The third kappa shape index (κ3) is 3.61. The minimum Gasteiger partial charge on any atom is -0.481 e. The zero-order valence-corrected chi connectivity index (χ0v) is 11.0. The first-order chi connectivity index (χ1) is 7.72. The van der Waals surface area contributed by atoms with Gasteiger partial charge in [-0.15, -0.1) is 0 Å². The second-order valence-electron chi connectivity index (χ2n) is 5.77. The Balaban J connectivity index is 2.66. The lowest BCUT2D eigenvalue weighted by Gasteiger charge is -2.33. The number of amides is 2. The Morgan fingerprint density at radius 3 is 2.65 bits per heavy atom. The van der Waals surface area contributed by atoms with Crippen molar-refractivity contribution in [2.24, 2.45) is 5.92 Å². The summed E-state index contributed by atoms with van der Waals surface area (Å²) in [5.41, 5.74) is -0.637. The highest BCUT2D eigenvalue weighted by Gasteiger charge is 2.39. The van der Waals surface area contributed by atoms with Crippen LogP contribution >= 0.6 is 0 Å². The van der Waals surface area contributed by atoms with Crippen LogP contribution in [0, 0.1) is 5.92 Å². The molecule has 0 saturated carbocycles. The van der Waals surface area contributed by atoms with Gasteiger partial charge in [0, 0.05) is 18.1 Å². The summed E-state index contributed by atoms with van der Waals surface area (Å²) in [6, 6.07) is -0.0162. The molecule has 1 heterocycles. The molecule has 0 aromatic carbocycles. The number of hydrogen-bond donors (Lipinski definition) is 2. The molecule has 1 rings (SSSR count). The van der Waals surface area contributed by atoms with Crippen LogP contribution in [-0.4, -0.2) is 40.1 Å². The van der Waals surface area contributed by atoms with Gasteiger partial charge in [-0.2, -0.15) is 0 Å². The molecule has 98 valence electrons. The van der Waals surface area contributed by atoms with E-state index in [4.69, 9.17) is 5.11 Å². The molecule has 1 unspecified atom stereocenters. The van der Waals surface area contributed by atoms with Crippen molar-refractivity contribution in [1.29, 1.82) is 0 Å². The Morgan fingerprint density at radius 1 is 1.59 bits per heavy atom. The molecule has 0 aromatic heterocycles. The van der Waals surface area contributed by atoms with Crippen LogP contribution in [0.1, 0.15) is 40.5 Å². The zero-order chi connectivity index (χ0) is 13.2. The SMILES string of the molecule is CC(C)CC1CN(C(C)(C)CC(=O)O)C(=O)N1. The molecular weight excluding hydrogens is 220 g/mol. The summed E-state index contributed by atoms with van der Waals surface area (Å²) >= 11 is 0. The molecule has 1 aliphatic rings. The van der Waals surface area contributed by atoms with Crippen molar-refractivity contribution >= 4 is 12.0 Å². The van der Waals surface area contributed by atoms with E-state index in [2.05, 4.69) is 19.2 Å². The maximum absolute atomic E-state index is 11.8. The van der Waals surface area contributed by atoms with Gasteiger partial charge in [-0.25, -0.2) is 4.79 Å². The molecule has 0 radical (unpaired) electrons. The van der Waals surface area contributed by atoms with Gasteiger partial charge in [-0.05, 0) is 26.2 Å². The van der Waals surface area contributed by atoms with Crippen molar-refractivity contribution in [3.05, 3.63) is 0 Å². The van der Waals surface area contributed by atoms with Crippen LogP contribution in [0.5, 0.6) is 0 Å². The van der Waals surface area contributed by atoms with Gasteiger partial charge in [-0.3, -0.25) is 4.79 Å². The summed E-state index contributed by atoms with van der Waals surface area (Å²) in [6.45, 7) is 8.39. The van der Waals surface area contributed by atoms with E-state index in [9.17, 15) is 9.59 Å². The fourth-order valence-corrected chi connectivity index (χ4v) is 2.29. The van der Waals surface area contributed by atoms with Gasteiger partial charge in [0.2, 0.25) is 0 Å². The normalized spacial score (nSPS) is 20.9. The molecule has 0 aromatic rings. The summed E-state index contributed by atoms with van der Waals surface area (Å²) in [5.74, 6) is -0.363. The van der Waals surface area contributed by atoms with Crippen LogP contribution in [0.15, 0.2) is 0 Å². The number of carboxylic acid groups (broad SMARTS) is 1. The third-order valence-electron chi connectivity index (χ3n) is 3.05. The Bertz CT molecular complexity index is 313. The topological polar surface area (TPSA) is 69.6 Å². The quantitative estimate of drug-likeness (QED) is 0.770. The smallest absolute Gasteiger partial charge is 0.318 e. The number of carbonyl (C=O) groups is 2. The molecule has 5 heteroatoms. The van der Waals surface area contributed by atoms with Crippen molar-refractivity contribution in [1.82, 2.24) is 10.2 Å². The summed E-state index contributed by atoms with van der Waals surface area (Å²) in [6.07, 6.45) is 0.889. The van der Waals surface area contributed by atoms with E-state index < -0.39 is 11.5 Å². The average molecular weight is 242 g/mol. The molecule has 17 heavy (non-hydrogen) atoms. The highest BCUT2D eigenvalue weighted by molar-refractivity contribution is 5.79. The van der Waals surface area contributed by atoms with Crippen molar-refractivity contribution in [3.63, 3.8) is 0 Å². The van der Waals surface area contributed by atoms with Crippen molar-refractivity contribution in [2.45, 2.75) is 52.1 Å². The minimum atomic E-state index is -0.880. The summed E-state index contributed by atoms with van der Waals surface area (Å²) in [4.78, 5) is 24.2. The average Bonchev–Trinajstić information content (AvgIpc) is 2.43. The predicted molar refractivity (Wildman–Crippen MR) is 64.8 cm³/mol. The Hall–Kier alpha value is -1.26. The van der Waals surface area contributed by atoms with E-state index in [0.717, 1.165) is 6.42 Å². The highest BCUT2D eigenvalue weighted by Crippen LogP contribution is 2.24. The number of carboxylic acids is 1. The number of aliphatic carboxylic acids is 1. The van der Waals surface area contributed by atoms with E-state index in [0.29, 0.717) is 12.5 Å². The molecule has 1 atom stereocenters. The van der Waals surface area contributed by atoms with Crippen LogP contribution < -0.4 is 5.32 Å². The van der Waals surface area contributed by atoms with Gasteiger partial charge in [0.15, 0.2) is 0 Å². The highest BCUT2D eigenvalue weighted by atomic mass is 16.4. The van der Waals surface area contributed by atoms with Crippen LogP contribution in [0.25, 0.3) is 0 Å². The number of nitrogens with zero attached hydrogens (tertiary/aromatic N) is 1. The lowest BCUT2D eigenvalue weighted by Crippen LogP contribution is -2.47. The number of urea groups is 1. The zero-order valence-electron chi connectivity index (χ0n) is 11.0. The number of carbonyl (C=O) groups excluding carboxylic acids is 1. The van der Waals surface area contributed by atoms with E-state index in [-0.39, 0.29) is 18.5 Å². The molecule has 0 bridgehead atoms. The van der Waals surface area contributed by atoms with Gasteiger partial charge in [0.1, 0.15) is 0 Å². The molecule has 1 aliphatic heterocycles. The number of hydrogen-bond acceptors (Lipinski definition) is 2. The van der Waals surface area contributed by atoms with Crippen molar-refractivity contribution in [2.75, 3.05) is 6.54 Å². The Labute approximate surface area is 102 Å². The first-order valence-electron chi connectivity index (χ1n) is 6.02. The maximum atomic E-state index is 11.8. The fraction of sp³-hybridized carbons (Fsp3) is 0.833. The molecule has 2 N–H and O–H groups in total. The molecule has 2 amide bonds. The monoisotopic (exact) mass is 242 g/mol. The molecule has 0 aliphatic carbocycles. The minimum absolute atomic E-state index is 0.0329. The number of rotatable bonds is 5. The summed E-state index contributed by atoms with van der Waals surface area (Å²) < 4.78 is 0. The number of nitrogens with one attached hydrogen (secondary N) is 1. The van der Waals surface area contributed by atoms with Gasteiger partial charge in [-0.1, -0.05) is 13.8 Å². The summed E-state index contributed by atoms with van der Waals surface area (Å²) in [7, 11) is 0. The summed E-state index contributed by atoms with van der Waals surface area (Å²) in [5, 5.41) is 11.8. The van der Waals surface area contributed by atoms with Crippen LogP contribution in [0.4, 0.5) is 4.79 Å². The van der Waals surface area contributed by atoms with Gasteiger partial charge < -0.3 is 15.3 Å². The van der Waals surface area contributed by atoms with Crippen LogP contribution in [0.2, 0.25) is 0 Å². The fourth-order valence-electron chi connectivity index (χ4n) is 2.29. The molecule has 1 fully saturated rings. The van der Waals surface area contributed by atoms with Crippen molar-refractivity contribution < 1.29 is 14.7 Å². The Kier molecular flexibility index (Phi) is 4.01. The van der Waals surface area contributed by atoms with E-state index in [1.54, 1.807) is 18.7 Å². The van der Waals surface area contributed by atoms with E-state index in [1.165, 1.54) is 0 Å². The van der Waals surface area contributed by atoms with E-state index >= 15 is 0 Å². The lowest BCUT2D eigenvalue weighted by atomic mass is 9.97. The third-order valence-corrected chi connectivity index (χ3v) is 3.05. The maximum Gasteiger partial charge on any atom is 0.318 e. The second-order valence-corrected chi connectivity index (χ2v) is 5.77. The Morgan fingerprint density at radius 2 is 2.18 bits per heavy atom. The lowest BCUT2D eigenvalue weighted by molar-refractivity contribution is -0.139. The van der Waals surface area contributed by atoms with E-state index in [1.807, 2.05) is 0 Å². The van der Waals surface area contributed by atoms with Gasteiger partial charge in [0.25, 0.3) is 0 Å². The molecule has 5 nitrogen and oxygen atoms in total. The first kappa shape index (κ1) is 13.8. The van der Waals surface area contributed by atoms with Gasteiger partial charge >= 0.3 is 12.0 Å². The standard InChI is InChI=1S/C12H22N2O3/c1-8(2)5-9-7-14(11(17)13-9)12(3,4)6-10(15)16/h8-9H,5-7H2,1-4H3,(H,13,17)(H,15,16). The van der Waals surface area contributed by atoms with Crippen LogP contribution in [0.3, 0.4) is 0 Å². The van der Waals surface area contributed by atoms with Crippen LogP contribution in [-0.2, 0) is 4.79 Å². The first-order valence-corrected chi connectivity index (χ1v) is 6.02. The van der Waals surface area contributed by atoms with Gasteiger partial charge in [0.05, 0.1) is 6.42 Å². The van der Waals surface area contributed by atoms with Crippen molar-refractivity contribution in [3.8, 4) is 0 Å². The molecular formula is C12H22N2O3.